The zero-order valence-electron chi connectivity index (χ0n) is 12.3. The van der Waals surface area contributed by atoms with Gasteiger partial charge in [-0.3, -0.25) is 4.90 Å². The van der Waals surface area contributed by atoms with Gasteiger partial charge in [0.1, 0.15) is 0 Å². The van der Waals surface area contributed by atoms with Gasteiger partial charge in [-0.05, 0) is 46.0 Å². The average molecular weight is 262 g/mol. The summed E-state index contributed by atoms with van der Waals surface area (Å²) in [6.07, 6.45) is 0.798. The molecule has 1 saturated heterocycles. The van der Waals surface area contributed by atoms with Crippen molar-refractivity contribution in [3.05, 3.63) is 35.4 Å². The van der Waals surface area contributed by atoms with Gasteiger partial charge < -0.3 is 10.0 Å². The van der Waals surface area contributed by atoms with Crippen LogP contribution in [0.2, 0.25) is 0 Å². The number of aryl methyl sites for hydroxylation is 1. The van der Waals surface area contributed by atoms with E-state index in [0.717, 1.165) is 31.7 Å². The summed E-state index contributed by atoms with van der Waals surface area (Å²) >= 11 is 0. The van der Waals surface area contributed by atoms with Crippen LogP contribution in [0.15, 0.2) is 24.3 Å². The van der Waals surface area contributed by atoms with Crippen LogP contribution in [-0.2, 0) is 0 Å². The Labute approximate surface area is 116 Å². The second-order valence-corrected chi connectivity index (χ2v) is 5.89. The second kappa shape index (κ2) is 6.51. The molecule has 3 heteroatoms. The van der Waals surface area contributed by atoms with Crippen molar-refractivity contribution in [1.82, 2.24) is 9.80 Å². The zero-order chi connectivity index (χ0) is 13.8. The van der Waals surface area contributed by atoms with Crippen LogP contribution in [0, 0.1) is 6.92 Å². The first-order chi connectivity index (χ1) is 9.06. The quantitative estimate of drug-likeness (QED) is 0.903. The monoisotopic (exact) mass is 262 g/mol. The molecule has 1 aliphatic heterocycles. The molecule has 0 amide bonds. The number of benzene rings is 1. The lowest BCUT2D eigenvalue weighted by atomic mass is 10.1. The summed E-state index contributed by atoms with van der Waals surface area (Å²) < 4.78 is 0. The molecule has 106 valence electrons. The third kappa shape index (κ3) is 4.03. The summed E-state index contributed by atoms with van der Waals surface area (Å²) in [5.74, 6) is 0. The molecule has 19 heavy (non-hydrogen) atoms. The Morgan fingerprint density at radius 1 is 1.37 bits per heavy atom. The summed E-state index contributed by atoms with van der Waals surface area (Å²) in [6.45, 7) is 8.37. The van der Waals surface area contributed by atoms with Gasteiger partial charge in [0, 0.05) is 19.1 Å². The van der Waals surface area contributed by atoms with Crippen LogP contribution in [0.3, 0.4) is 0 Å². The minimum absolute atomic E-state index is 0.384. The number of nitrogens with zero attached hydrogens (tertiary/aromatic N) is 2. The number of β-amino-alcohol motifs (C(OH)–C–C–N with tert-alkyl or cyclic N) is 1. The van der Waals surface area contributed by atoms with Crippen LogP contribution in [0.1, 0.15) is 30.6 Å². The number of aliphatic hydroxyl groups excluding tert-OH is 1. The van der Waals surface area contributed by atoms with Crippen molar-refractivity contribution in [2.75, 3.05) is 33.2 Å². The topological polar surface area (TPSA) is 26.7 Å². The summed E-state index contributed by atoms with van der Waals surface area (Å²) in [5.41, 5.74) is 2.24. The fraction of sp³-hybridized carbons (Fsp3) is 0.625. The Morgan fingerprint density at radius 3 is 2.89 bits per heavy atom. The van der Waals surface area contributed by atoms with Gasteiger partial charge in [0.05, 0.1) is 6.10 Å². The molecule has 3 nitrogen and oxygen atoms in total. The highest BCUT2D eigenvalue weighted by atomic mass is 16.3. The zero-order valence-corrected chi connectivity index (χ0v) is 12.3. The summed E-state index contributed by atoms with van der Waals surface area (Å²) in [7, 11) is 2.18. The van der Waals surface area contributed by atoms with Crippen LogP contribution >= 0.6 is 0 Å². The number of hydrogen-bond acceptors (Lipinski definition) is 3. The first kappa shape index (κ1) is 14.5. The van der Waals surface area contributed by atoms with Gasteiger partial charge in [-0.1, -0.05) is 29.8 Å². The molecule has 1 heterocycles. The molecule has 2 unspecified atom stereocenters. The molecule has 2 atom stereocenters. The van der Waals surface area contributed by atoms with Crippen LogP contribution < -0.4 is 0 Å². The smallest absolute Gasteiger partial charge is 0.0917 e. The molecule has 2 rings (SSSR count). The molecule has 1 aliphatic rings. The van der Waals surface area contributed by atoms with Crippen LogP contribution in [0.25, 0.3) is 0 Å². The van der Waals surface area contributed by atoms with Gasteiger partial charge in [0.2, 0.25) is 0 Å². The van der Waals surface area contributed by atoms with Crippen molar-refractivity contribution in [2.24, 2.45) is 0 Å². The third-order valence-electron chi connectivity index (χ3n) is 4.02. The molecule has 1 N–H and O–H groups in total. The van der Waals surface area contributed by atoms with E-state index in [4.69, 9.17) is 0 Å². The van der Waals surface area contributed by atoms with Gasteiger partial charge in [-0.15, -0.1) is 0 Å². The molecule has 0 spiro atoms. The van der Waals surface area contributed by atoms with E-state index in [1.807, 2.05) is 12.1 Å². The van der Waals surface area contributed by atoms with Crippen molar-refractivity contribution in [3.8, 4) is 0 Å². The third-order valence-corrected chi connectivity index (χ3v) is 4.02. The minimum atomic E-state index is -0.384. The summed E-state index contributed by atoms with van der Waals surface area (Å²) in [5, 5.41) is 10.4. The van der Waals surface area contributed by atoms with Crippen molar-refractivity contribution < 1.29 is 5.11 Å². The second-order valence-electron chi connectivity index (χ2n) is 5.89. The maximum Gasteiger partial charge on any atom is 0.0917 e. The van der Waals surface area contributed by atoms with Crippen LogP contribution in [0.5, 0.6) is 0 Å². The fourth-order valence-corrected chi connectivity index (χ4v) is 2.90. The molecule has 0 radical (unpaired) electrons. The summed E-state index contributed by atoms with van der Waals surface area (Å²) in [6, 6.07) is 8.70. The standard InChI is InChI=1S/C16H26N2O/c1-13-6-4-7-15(10-13)16(19)12-18-9-5-8-17(3)11-14(18)2/h4,6-7,10,14,16,19H,5,8-9,11-12H2,1-3H3. The Hall–Kier alpha value is -0.900. The molecular formula is C16H26N2O. The fourth-order valence-electron chi connectivity index (χ4n) is 2.90. The Bertz CT molecular complexity index is 407. The molecule has 1 aromatic rings. The highest BCUT2D eigenvalue weighted by Crippen LogP contribution is 2.18. The molecule has 1 aromatic carbocycles. The van der Waals surface area contributed by atoms with Crippen molar-refractivity contribution in [2.45, 2.75) is 32.4 Å². The predicted molar refractivity (Wildman–Crippen MR) is 79.3 cm³/mol. The lowest BCUT2D eigenvalue weighted by molar-refractivity contribution is 0.0920. The summed E-state index contributed by atoms with van der Waals surface area (Å²) in [4.78, 5) is 4.79. The number of hydrogen-bond donors (Lipinski definition) is 1. The number of rotatable bonds is 3. The normalized spacial score (nSPS) is 24.1. The van der Waals surface area contributed by atoms with Crippen LogP contribution in [-0.4, -0.2) is 54.2 Å². The molecule has 0 aliphatic carbocycles. The molecule has 0 aromatic heterocycles. The van der Waals surface area contributed by atoms with Crippen molar-refractivity contribution >= 4 is 0 Å². The molecule has 0 saturated carbocycles. The van der Waals surface area contributed by atoms with E-state index >= 15 is 0 Å². The SMILES string of the molecule is Cc1cccc(C(O)CN2CCCN(C)CC2C)c1. The Morgan fingerprint density at radius 2 is 2.16 bits per heavy atom. The highest BCUT2D eigenvalue weighted by molar-refractivity contribution is 5.24. The maximum atomic E-state index is 10.4. The largest absolute Gasteiger partial charge is 0.387 e. The van der Waals surface area contributed by atoms with Crippen LogP contribution in [0.4, 0.5) is 0 Å². The van der Waals surface area contributed by atoms with E-state index in [9.17, 15) is 5.11 Å². The van der Waals surface area contributed by atoms with Crippen molar-refractivity contribution in [1.29, 1.82) is 0 Å². The first-order valence-electron chi connectivity index (χ1n) is 7.23. The van der Waals surface area contributed by atoms with Gasteiger partial charge >= 0.3 is 0 Å². The maximum absolute atomic E-state index is 10.4. The van der Waals surface area contributed by atoms with E-state index in [1.54, 1.807) is 0 Å². The van der Waals surface area contributed by atoms with E-state index in [2.05, 4.69) is 42.8 Å². The number of likely N-dealkylation sites (N-methyl/N-ethyl adjacent to an activating group) is 1. The highest BCUT2D eigenvalue weighted by Gasteiger charge is 2.22. The van der Waals surface area contributed by atoms with E-state index in [-0.39, 0.29) is 6.10 Å². The molecule has 0 bridgehead atoms. The first-order valence-corrected chi connectivity index (χ1v) is 7.23. The lowest BCUT2D eigenvalue weighted by Crippen LogP contribution is -2.40. The minimum Gasteiger partial charge on any atom is -0.387 e. The molecule has 1 fully saturated rings. The lowest BCUT2D eigenvalue weighted by Gasteiger charge is -2.30. The van der Waals surface area contributed by atoms with Crippen molar-refractivity contribution in [3.63, 3.8) is 0 Å². The van der Waals surface area contributed by atoms with Gasteiger partial charge in [-0.2, -0.15) is 0 Å². The van der Waals surface area contributed by atoms with E-state index in [1.165, 1.54) is 12.0 Å². The van der Waals surface area contributed by atoms with Gasteiger partial charge in [0.25, 0.3) is 0 Å². The molecular weight excluding hydrogens is 236 g/mol. The Balaban J connectivity index is 1.99. The Kier molecular flexibility index (Phi) is 4.97. The van der Waals surface area contributed by atoms with Gasteiger partial charge in [-0.25, -0.2) is 0 Å². The average Bonchev–Trinajstić information content (AvgIpc) is 2.51. The van der Waals surface area contributed by atoms with Gasteiger partial charge in [0.15, 0.2) is 0 Å². The van der Waals surface area contributed by atoms with E-state index < -0.39 is 0 Å². The predicted octanol–water partition coefficient (Wildman–Crippen LogP) is 2.05. The number of aliphatic hydroxyl groups is 1. The van der Waals surface area contributed by atoms with E-state index in [0.29, 0.717) is 6.04 Å².